The van der Waals surface area contributed by atoms with Crippen molar-refractivity contribution in [1.82, 2.24) is 0 Å². The second-order valence-corrected chi connectivity index (χ2v) is 9.20. The number of hydrogen-bond acceptors (Lipinski definition) is 2. The van der Waals surface area contributed by atoms with Crippen molar-refractivity contribution in [3.05, 3.63) is 0 Å². The van der Waals surface area contributed by atoms with E-state index in [4.69, 9.17) is 0 Å². The van der Waals surface area contributed by atoms with Gasteiger partial charge in [0.15, 0.2) is 0 Å². The Bertz CT molecular complexity index is 624. The zero-order valence-corrected chi connectivity index (χ0v) is 17.3. The summed E-state index contributed by atoms with van der Waals surface area (Å²) in [5.74, 6) is -5.41. The van der Waals surface area contributed by atoms with E-state index in [9.17, 15) is 48.3 Å². The van der Waals surface area contributed by atoms with Crippen LogP contribution in [0.15, 0.2) is 0 Å². The summed E-state index contributed by atoms with van der Waals surface area (Å²) in [5.41, 5.74) is 0. The number of rotatable bonds is 5. The summed E-state index contributed by atoms with van der Waals surface area (Å²) in [6, 6.07) is 0. The van der Waals surface area contributed by atoms with Crippen LogP contribution < -0.4 is 0 Å². The van der Waals surface area contributed by atoms with Gasteiger partial charge < -0.3 is 4.74 Å². The van der Waals surface area contributed by atoms with E-state index < -0.39 is 124 Å². The fourth-order valence-electron chi connectivity index (χ4n) is 5.41. The minimum atomic E-state index is -5.12. The number of hydrogen-bond donors (Lipinski definition) is 0. The van der Waals surface area contributed by atoms with Gasteiger partial charge in [-0.3, -0.25) is 4.74 Å². The van der Waals surface area contributed by atoms with E-state index in [0.29, 0.717) is 0 Å². The van der Waals surface area contributed by atoms with Gasteiger partial charge in [-0.15, -0.1) is 13.2 Å². The number of halogens is 11. The van der Waals surface area contributed by atoms with Gasteiger partial charge in [-0.05, 0) is 31.6 Å². The molecule has 0 heterocycles. The smallest absolute Gasteiger partial charge is 0.317 e. The van der Waals surface area contributed by atoms with Crippen LogP contribution in [0.1, 0.15) is 44.9 Å². The predicted molar refractivity (Wildman–Crippen MR) is 92.9 cm³/mol. The Hall–Kier alpha value is -0.850. The third-order valence-corrected chi connectivity index (χ3v) is 6.84. The van der Waals surface area contributed by atoms with Crippen LogP contribution >= 0.6 is 0 Å². The minimum absolute atomic E-state index is 0.459. The number of ether oxygens (including phenoxy) is 2. The maximum absolute atomic E-state index is 14.7. The van der Waals surface area contributed by atoms with E-state index in [1.54, 1.807) is 0 Å². The molecule has 3 aliphatic carbocycles. The van der Waals surface area contributed by atoms with E-state index in [-0.39, 0.29) is 0 Å². The summed E-state index contributed by atoms with van der Waals surface area (Å²) in [6.45, 7) is 0. The van der Waals surface area contributed by atoms with Crippen molar-refractivity contribution in [3.8, 4) is 0 Å². The molecule has 13 heteroatoms. The molecule has 7 atom stereocenters. The van der Waals surface area contributed by atoms with Crippen LogP contribution in [0, 0.1) is 17.8 Å². The molecule has 33 heavy (non-hydrogen) atoms. The molecule has 0 spiro atoms. The zero-order chi connectivity index (χ0) is 24.7. The predicted octanol–water partition coefficient (Wildman–Crippen LogP) is 6.52. The molecular formula is C20H25F11O2. The lowest BCUT2D eigenvalue weighted by Crippen LogP contribution is -2.53. The SMILES string of the molecule is FC1CC(F)C(C2CC(F)C(C(F)(F)OC3CCC(OC(F)(F)F)C(F)C3)C(F)C2)C(F)C1. The van der Waals surface area contributed by atoms with Gasteiger partial charge in [-0.25, -0.2) is 26.3 Å². The Labute approximate surface area is 183 Å². The average molecular weight is 506 g/mol. The lowest BCUT2D eigenvalue weighted by atomic mass is 9.67. The quantitative estimate of drug-likeness (QED) is 0.396. The maximum Gasteiger partial charge on any atom is 0.522 e. The molecule has 0 radical (unpaired) electrons. The Balaban J connectivity index is 1.60. The lowest BCUT2D eigenvalue weighted by molar-refractivity contribution is -0.359. The third kappa shape index (κ3) is 6.43. The summed E-state index contributed by atoms with van der Waals surface area (Å²) < 4.78 is 159. The molecule has 3 rings (SSSR count). The van der Waals surface area contributed by atoms with Crippen LogP contribution in [0.4, 0.5) is 48.3 Å². The molecule has 3 fully saturated rings. The summed E-state index contributed by atoms with van der Waals surface area (Å²) in [4.78, 5) is 0. The minimum Gasteiger partial charge on any atom is -0.317 e. The fourth-order valence-corrected chi connectivity index (χ4v) is 5.41. The highest BCUT2D eigenvalue weighted by atomic mass is 19.4. The van der Waals surface area contributed by atoms with Crippen LogP contribution in [0.25, 0.3) is 0 Å². The van der Waals surface area contributed by atoms with Gasteiger partial charge >= 0.3 is 12.5 Å². The van der Waals surface area contributed by atoms with Gasteiger partial charge in [0, 0.05) is 25.2 Å². The molecule has 0 saturated heterocycles. The van der Waals surface area contributed by atoms with Crippen LogP contribution in [0.5, 0.6) is 0 Å². The molecule has 0 bridgehead atoms. The molecule has 0 aromatic carbocycles. The Morgan fingerprint density at radius 3 is 1.61 bits per heavy atom. The molecule has 2 nitrogen and oxygen atoms in total. The monoisotopic (exact) mass is 506 g/mol. The summed E-state index contributed by atoms with van der Waals surface area (Å²) in [5, 5.41) is 0. The fraction of sp³-hybridized carbons (Fsp3) is 1.00. The molecule has 0 aromatic rings. The first-order valence-electron chi connectivity index (χ1n) is 10.8. The molecule has 0 aromatic heterocycles. The van der Waals surface area contributed by atoms with Crippen molar-refractivity contribution >= 4 is 0 Å². The van der Waals surface area contributed by atoms with Gasteiger partial charge in [0.1, 0.15) is 42.9 Å². The second kappa shape index (κ2) is 10.0. The van der Waals surface area contributed by atoms with Crippen LogP contribution in [0.3, 0.4) is 0 Å². The van der Waals surface area contributed by atoms with Gasteiger partial charge in [0.25, 0.3) is 0 Å². The van der Waals surface area contributed by atoms with Crippen LogP contribution in [-0.4, -0.2) is 61.7 Å². The van der Waals surface area contributed by atoms with E-state index in [1.807, 2.05) is 0 Å². The first-order valence-corrected chi connectivity index (χ1v) is 10.8. The molecule has 7 unspecified atom stereocenters. The zero-order valence-electron chi connectivity index (χ0n) is 17.3. The maximum atomic E-state index is 14.7. The Morgan fingerprint density at radius 2 is 1.12 bits per heavy atom. The van der Waals surface area contributed by atoms with Gasteiger partial charge in [-0.1, -0.05) is 0 Å². The highest BCUT2D eigenvalue weighted by Crippen LogP contribution is 2.49. The summed E-state index contributed by atoms with van der Waals surface area (Å²) >= 11 is 0. The van der Waals surface area contributed by atoms with E-state index in [2.05, 4.69) is 9.47 Å². The second-order valence-electron chi connectivity index (χ2n) is 9.20. The molecule has 3 saturated carbocycles. The van der Waals surface area contributed by atoms with Crippen molar-refractivity contribution in [2.75, 3.05) is 0 Å². The Morgan fingerprint density at radius 1 is 0.576 bits per heavy atom. The standard InChI is InChI=1S/C20H25F11O2/c21-9-5-12(23)17(13(24)6-9)8-3-14(25)18(15(26)4-8)19(27,28)32-10-1-2-16(11(22)7-10)33-20(29,30)31/h8-18H,1-7H2. The summed E-state index contributed by atoms with van der Waals surface area (Å²) in [6.07, 6.45) is -31.0. The summed E-state index contributed by atoms with van der Waals surface area (Å²) in [7, 11) is 0. The van der Waals surface area contributed by atoms with Gasteiger partial charge in [0.05, 0.1) is 12.2 Å². The first-order chi connectivity index (χ1) is 15.2. The lowest BCUT2D eigenvalue weighted by Gasteiger charge is -2.44. The topological polar surface area (TPSA) is 18.5 Å². The first kappa shape index (κ1) is 26.7. The largest absolute Gasteiger partial charge is 0.522 e. The van der Waals surface area contributed by atoms with Gasteiger partial charge in [0.2, 0.25) is 0 Å². The normalized spacial score (nSPS) is 45.7. The number of alkyl halides is 11. The molecule has 0 N–H and O–H groups in total. The van der Waals surface area contributed by atoms with Crippen molar-refractivity contribution in [2.45, 2.75) is 107 Å². The molecule has 0 aliphatic heterocycles. The van der Waals surface area contributed by atoms with E-state index >= 15 is 0 Å². The van der Waals surface area contributed by atoms with Crippen molar-refractivity contribution < 1.29 is 57.8 Å². The molecule has 3 aliphatic rings. The highest BCUT2D eigenvalue weighted by molar-refractivity contribution is 4.98. The van der Waals surface area contributed by atoms with Crippen molar-refractivity contribution in [2.24, 2.45) is 17.8 Å². The van der Waals surface area contributed by atoms with Crippen LogP contribution in [-0.2, 0) is 9.47 Å². The molecule has 0 amide bonds. The average Bonchev–Trinajstić information content (AvgIpc) is 2.61. The van der Waals surface area contributed by atoms with Crippen LogP contribution in [0.2, 0.25) is 0 Å². The highest BCUT2D eigenvalue weighted by Gasteiger charge is 2.58. The third-order valence-electron chi connectivity index (χ3n) is 6.84. The van der Waals surface area contributed by atoms with Crippen molar-refractivity contribution in [1.29, 1.82) is 0 Å². The Kier molecular flexibility index (Phi) is 8.13. The van der Waals surface area contributed by atoms with Gasteiger partial charge in [-0.2, -0.15) is 8.78 Å². The molecular weight excluding hydrogens is 481 g/mol. The van der Waals surface area contributed by atoms with E-state index in [0.717, 1.165) is 0 Å². The van der Waals surface area contributed by atoms with Crippen molar-refractivity contribution in [3.63, 3.8) is 0 Å². The molecule has 194 valence electrons. The van der Waals surface area contributed by atoms with E-state index in [1.165, 1.54) is 0 Å².